The SMILES string of the molecule is CC(C)CC(NC(=O)C1CCCC1)c1ccccc1. The highest BCUT2D eigenvalue weighted by Crippen LogP contribution is 2.27. The van der Waals surface area contributed by atoms with Crippen molar-refractivity contribution in [3.05, 3.63) is 35.9 Å². The van der Waals surface area contributed by atoms with Gasteiger partial charge in [-0.05, 0) is 30.7 Å². The average Bonchev–Trinajstić information content (AvgIpc) is 2.92. The normalized spacial score (nSPS) is 17.6. The summed E-state index contributed by atoms with van der Waals surface area (Å²) >= 11 is 0. The molecule has 1 aliphatic rings. The molecule has 1 amide bonds. The Labute approximate surface area is 116 Å². The number of benzene rings is 1. The van der Waals surface area contributed by atoms with Gasteiger partial charge in [-0.3, -0.25) is 4.79 Å². The molecule has 1 aromatic carbocycles. The number of hydrogen-bond acceptors (Lipinski definition) is 1. The van der Waals surface area contributed by atoms with Gasteiger partial charge < -0.3 is 5.32 Å². The summed E-state index contributed by atoms with van der Waals surface area (Å²) in [6.45, 7) is 4.41. The second kappa shape index (κ2) is 6.74. The fourth-order valence-electron chi connectivity index (χ4n) is 2.91. The molecule has 2 heteroatoms. The number of carbonyl (C=O) groups is 1. The Morgan fingerprint density at radius 1 is 1.21 bits per heavy atom. The molecule has 19 heavy (non-hydrogen) atoms. The highest BCUT2D eigenvalue weighted by atomic mass is 16.1. The van der Waals surface area contributed by atoms with Crippen LogP contribution in [0.3, 0.4) is 0 Å². The van der Waals surface area contributed by atoms with Crippen LogP contribution in [0.25, 0.3) is 0 Å². The van der Waals surface area contributed by atoms with Crippen molar-refractivity contribution in [2.45, 2.75) is 52.0 Å². The maximum absolute atomic E-state index is 12.3. The van der Waals surface area contributed by atoms with Gasteiger partial charge in [0.05, 0.1) is 6.04 Å². The summed E-state index contributed by atoms with van der Waals surface area (Å²) in [5.41, 5.74) is 1.22. The van der Waals surface area contributed by atoms with E-state index >= 15 is 0 Å². The van der Waals surface area contributed by atoms with Gasteiger partial charge >= 0.3 is 0 Å². The lowest BCUT2D eigenvalue weighted by molar-refractivity contribution is -0.125. The Morgan fingerprint density at radius 2 is 1.84 bits per heavy atom. The van der Waals surface area contributed by atoms with Gasteiger partial charge in [-0.2, -0.15) is 0 Å². The molecule has 2 nitrogen and oxygen atoms in total. The lowest BCUT2D eigenvalue weighted by atomic mass is 9.96. The number of carbonyl (C=O) groups excluding carboxylic acids is 1. The molecule has 1 aliphatic carbocycles. The van der Waals surface area contributed by atoms with Crippen molar-refractivity contribution >= 4 is 5.91 Å². The van der Waals surface area contributed by atoms with E-state index in [1.807, 2.05) is 18.2 Å². The van der Waals surface area contributed by atoms with Crippen LogP contribution < -0.4 is 5.32 Å². The Hall–Kier alpha value is -1.31. The fourth-order valence-corrected chi connectivity index (χ4v) is 2.91. The molecular weight excluding hydrogens is 234 g/mol. The van der Waals surface area contributed by atoms with Crippen molar-refractivity contribution in [1.82, 2.24) is 5.32 Å². The van der Waals surface area contributed by atoms with Crippen molar-refractivity contribution in [3.8, 4) is 0 Å². The summed E-state index contributed by atoms with van der Waals surface area (Å²) in [5.74, 6) is 1.08. The van der Waals surface area contributed by atoms with Gasteiger partial charge in [0.1, 0.15) is 0 Å². The molecule has 1 saturated carbocycles. The van der Waals surface area contributed by atoms with E-state index in [0.29, 0.717) is 5.92 Å². The van der Waals surface area contributed by atoms with Crippen LogP contribution in [-0.2, 0) is 4.79 Å². The molecule has 0 spiro atoms. The van der Waals surface area contributed by atoms with Crippen molar-refractivity contribution in [3.63, 3.8) is 0 Å². The maximum Gasteiger partial charge on any atom is 0.223 e. The predicted molar refractivity (Wildman–Crippen MR) is 78.7 cm³/mol. The minimum absolute atomic E-state index is 0.161. The highest BCUT2D eigenvalue weighted by Gasteiger charge is 2.25. The minimum atomic E-state index is 0.161. The van der Waals surface area contributed by atoms with Gasteiger partial charge in [-0.25, -0.2) is 0 Å². The highest BCUT2D eigenvalue weighted by molar-refractivity contribution is 5.79. The zero-order chi connectivity index (χ0) is 13.7. The first-order valence-corrected chi connectivity index (χ1v) is 7.52. The quantitative estimate of drug-likeness (QED) is 0.848. The van der Waals surface area contributed by atoms with Crippen molar-refractivity contribution in [1.29, 1.82) is 0 Å². The molecule has 0 heterocycles. The van der Waals surface area contributed by atoms with Crippen LogP contribution in [0.15, 0.2) is 30.3 Å². The Bertz CT molecular complexity index is 393. The molecular formula is C17H25NO. The van der Waals surface area contributed by atoms with Gasteiger partial charge in [0.2, 0.25) is 5.91 Å². The first kappa shape index (κ1) is 14.1. The fraction of sp³-hybridized carbons (Fsp3) is 0.588. The molecule has 2 rings (SSSR count). The smallest absolute Gasteiger partial charge is 0.223 e. The van der Waals surface area contributed by atoms with Gasteiger partial charge in [0, 0.05) is 5.92 Å². The van der Waals surface area contributed by atoms with E-state index in [2.05, 4.69) is 31.3 Å². The summed E-state index contributed by atoms with van der Waals surface area (Å²) in [7, 11) is 0. The number of amides is 1. The first-order valence-electron chi connectivity index (χ1n) is 7.52. The Kier molecular flexibility index (Phi) is 5.00. The van der Waals surface area contributed by atoms with Gasteiger partial charge in [0.15, 0.2) is 0 Å². The number of nitrogens with one attached hydrogen (secondary N) is 1. The minimum Gasteiger partial charge on any atom is -0.349 e. The molecule has 0 aromatic heterocycles. The Morgan fingerprint density at radius 3 is 2.42 bits per heavy atom. The van der Waals surface area contributed by atoms with E-state index in [1.165, 1.54) is 18.4 Å². The van der Waals surface area contributed by atoms with E-state index in [0.717, 1.165) is 19.3 Å². The largest absolute Gasteiger partial charge is 0.349 e. The van der Waals surface area contributed by atoms with Gasteiger partial charge in [-0.1, -0.05) is 57.0 Å². The second-order valence-electron chi connectivity index (χ2n) is 6.08. The van der Waals surface area contributed by atoms with Crippen LogP contribution in [0.4, 0.5) is 0 Å². The monoisotopic (exact) mass is 259 g/mol. The number of hydrogen-bond donors (Lipinski definition) is 1. The summed E-state index contributed by atoms with van der Waals surface area (Å²) < 4.78 is 0. The lowest BCUT2D eigenvalue weighted by Gasteiger charge is -2.23. The van der Waals surface area contributed by atoms with Gasteiger partial charge in [0.25, 0.3) is 0 Å². The lowest BCUT2D eigenvalue weighted by Crippen LogP contribution is -2.33. The summed E-state index contributed by atoms with van der Waals surface area (Å²) in [5, 5.41) is 3.27. The topological polar surface area (TPSA) is 29.1 Å². The molecule has 1 unspecified atom stereocenters. The molecule has 0 saturated heterocycles. The van der Waals surface area contributed by atoms with E-state index in [9.17, 15) is 4.79 Å². The third-order valence-corrected chi connectivity index (χ3v) is 3.95. The van der Waals surface area contributed by atoms with Crippen LogP contribution in [0, 0.1) is 11.8 Å². The molecule has 1 N–H and O–H groups in total. The van der Waals surface area contributed by atoms with Crippen molar-refractivity contribution in [2.75, 3.05) is 0 Å². The van der Waals surface area contributed by atoms with Crippen LogP contribution >= 0.6 is 0 Å². The molecule has 104 valence electrons. The third kappa shape index (κ3) is 4.09. The van der Waals surface area contributed by atoms with E-state index in [-0.39, 0.29) is 17.9 Å². The van der Waals surface area contributed by atoms with E-state index in [4.69, 9.17) is 0 Å². The summed E-state index contributed by atoms with van der Waals surface area (Å²) in [6.07, 6.45) is 5.54. The summed E-state index contributed by atoms with van der Waals surface area (Å²) in [6, 6.07) is 10.5. The molecule has 0 aliphatic heterocycles. The molecule has 0 radical (unpaired) electrons. The van der Waals surface area contributed by atoms with Crippen LogP contribution in [0.5, 0.6) is 0 Å². The summed E-state index contributed by atoms with van der Waals surface area (Å²) in [4.78, 5) is 12.3. The van der Waals surface area contributed by atoms with E-state index in [1.54, 1.807) is 0 Å². The first-order chi connectivity index (χ1) is 9.16. The van der Waals surface area contributed by atoms with Crippen LogP contribution in [0.1, 0.15) is 57.6 Å². The maximum atomic E-state index is 12.3. The standard InChI is InChI=1S/C17H25NO/c1-13(2)12-16(14-8-4-3-5-9-14)18-17(19)15-10-6-7-11-15/h3-5,8-9,13,15-16H,6-7,10-12H2,1-2H3,(H,18,19). The Balaban J connectivity index is 2.03. The van der Waals surface area contributed by atoms with E-state index < -0.39 is 0 Å². The molecule has 0 bridgehead atoms. The zero-order valence-corrected chi connectivity index (χ0v) is 12.1. The number of rotatable bonds is 5. The average molecular weight is 259 g/mol. The van der Waals surface area contributed by atoms with Crippen molar-refractivity contribution < 1.29 is 4.79 Å². The third-order valence-electron chi connectivity index (χ3n) is 3.95. The zero-order valence-electron chi connectivity index (χ0n) is 12.1. The van der Waals surface area contributed by atoms with Crippen LogP contribution in [0.2, 0.25) is 0 Å². The van der Waals surface area contributed by atoms with Gasteiger partial charge in [-0.15, -0.1) is 0 Å². The second-order valence-corrected chi connectivity index (χ2v) is 6.08. The molecule has 1 fully saturated rings. The molecule has 1 atom stereocenters. The molecule has 1 aromatic rings. The predicted octanol–water partition coefficient (Wildman–Crippen LogP) is 4.08. The van der Waals surface area contributed by atoms with Crippen LogP contribution in [-0.4, -0.2) is 5.91 Å². The van der Waals surface area contributed by atoms with Crippen molar-refractivity contribution in [2.24, 2.45) is 11.8 Å².